The molecule has 5 aromatic rings. The van der Waals surface area contributed by atoms with E-state index in [1.54, 1.807) is 34.3 Å². The number of hydrogen-bond donors (Lipinski definition) is 1. The third-order valence-electron chi connectivity index (χ3n) is 5.44. The third kappa shape index (κ3) is 4.47. The van der Waals surface area contributed by atoms with Crippen molar-refractivity contribution in [1.82, 2.24) is 19.2 Å². The Morgan fingerprint density at radius 3 is 2.69 bits per heavy atom. The Morgan fingerprint density at radius 1 is 1.06 bits per heavy atom. The molecule has 176 valence electrons. The van der Waals surface area contributed by atoms with Gasteiger partial charge in [0.15, 0.2) is 5.16 Å². The molecular formula is C25H20FN5O3S. The lowest BCUT2D eigenvalue weighted by molar-refractivity contribution is -0.113. The summed E-state index contributed by atoms with van der Waals surface area (Å²) in [6.07, 6.45) is 0. The molecule has 0 aliphatic carbocycles. The van der Waals surface area contributed by atoms with E-state index in [4.69, 9.17) is 4.74 Å². The normalized spacial score (nSPS) is 11.1. The van der Waals surface area contributed by atoms with Gasteiger partial charge in [-0.2, -0.15) is 0 Å². The van der Waals surface area contributed by atoms with E-state index in [1.165, 1.54) is 30.0 Å². The highest BCUT2D eigenvalue weighted by molar-refractivity contribution is 7.99. The van der Waals surface area contributed by atoms with Crippen LogP contribution in [0.2, 0.25) is 0 Å². The van der Waals surface area contributed by atoms with Crippen LogP contribution >= 0.6 is 11.8 Å². The van der Waals surface area contributed by atoms with Gasteiger partial charge in [-0.15, -0.1) is 10.2 Å². The molecule has 2 aromatic heterocycles. The van der Waals surface area contributed by atoms with E-state index in [0.717, 1.165) is 5.56 Å². The molecule has 0 bridgehead atoms. The topological polar surface area (TPSA) is 90.5 Å². The van der Waals surface area contributed by atoms with Crippen molar-refractivity contribution < 1.29 is 13.9 Å². The molecule has 0 saturated carbocycles. The van der Waals surface area contributed by atoms with Gasteiger partial charge in [0, 0.05) is 11.3 Å². The average Bonchev–Trinajstić information content (AvgIpc) is 3.29. The molecule has 0 radical (unpaired) electrons. The first-order valence-electron chi connectivity index (χ1n) is 10.7. The number of para-hydroxylation sites is 2. The summed E-state index contributed by atoms with van der Waals surface area (Å²) in [5, 5.41) is 12.2. The van der Waals surface area contributed by atoms with Crippen LogP contribution < -0.4 is 15.6 Å². The number of carbonyl (C=O) groups excluding carboxylic acids is 1. The molecule has 0 aliphatic rings. The number of amides is 1. The minimum atomic E-state index is -0.432. The zero-order chi connectivity index (χ0) is 24.4. The maximum absolute atomic E-state index is 13.4. The van der Waals surface area contributed by atoms with E-state index >= 15 is 0 Å². The van der Waals surface area contributed by atoms with Gasteiger partial charge in [0.2, 0.25) is 11.7 Å². The van der Waals surface area contributed by atoms with Gasteiger partial charge < -0.3 is 10.1 Å². The van der Waals surface area contributed by atoms with Crippen molar-refractivity contribution in [3.8, 4) is 5.75 Å². The predicted octanol–water partition coefficient (Wildman–Crippen LogP) is 3.97. The van der Waals surface area contributed by atoms with Crippen molar-refractivity contribution in [1.29, 1.82) is 0 Å². The molecule has 0 spiro atoms. The number of hydrogen-bond acceptors (Lipinski definition) is 6. The van der Waals surface area contributed by atoms with Crippen LogP contribution in [0.15, 0.2) is 82.7 Å². The van der Waals surface area contributed by atoms with Crippen molar-refractivity contribution in [3.05, 3.63) is 94.5 Å². The fraction of sp³-hybridized carbons (Fsp3) is 0.120. The van der Waals surface area contributed by atoms with Gasteiger partial charge in [0.1, 0.15) is 11.6 Å². The molecular weight excluding hydrogens is 469 g/mol. The van der Waals surface area contributed by atoms with Gasteiger partial charge in [-0.3, -0.25) is 18.6 Å². The smallest absolute Gasteiger partial charge is 0.263 e. The summed E-state index contributed by atoms with van der Waals surface area (Å²) in [5.41, 5.74) is 1.63. The fourth-order valence-electron chi connectivity index (χ4n) is 3.87. The maximum Gasteiger partial charge on any atom is 0.263 e. The van der Waals surface area contributed by atoms with Gasteiger partial charge in [0.25, 0.3) is 5.56 Å². The van der Waals surface area contributed by atoms with Crippen LogP contribution in [0.25, 0.3) is 16.7 Å². The molecule has 1 N–H and O–H groups in total. The first-order chi connectivity index (χ1) is 17.0. The SMILES string of the molecule is COc1ccccc1Cn1c(=O)c2ccccc2n2c(SCC(=O)Nc3cccc(F)c3)nnc12. The predicted molar refractivity (Wildman–Crippen MR) is 133 cm³/mol. The molecule has 0 fully saturated rings. The molecule has 0 atom stereocenters. The number of anilines is 1. The summed E-state index contributed by atoms with van der Waals surface area (Å²) < 4.78 is 22.2. The van der Waals surface area contributed by atoms with Gasteiger partial charge in [-0.25, -0.2) is 4.39 Å². The number of halogens is 1. The molecule has 1 amide bonds. The Bertz CT molecular complexity index is 1610. The fourth-order valence-corrected chi connectivity index (χ4v) is 4.61. The minimum Gasteiger partial charge on any atom is -0.496 e. The second kappa shape index (κ2) is 9.59. The number of aromatic nitrogens is 4. The van der Waals surface area contributed by atoms with Crippen LogP contribution in [0, 0.1) is 5.82 Å². The van der Waals surface area contributed by atoms with Crippen molar-refractivity contribution in [2.75, 3.05) is 18.2 Å². The lowest BCUT2D eigenvalue weighted by Crippen LogP contribution is -2.24. The molecule has 8 nitrogen and oxygen atoms in total. The Labute approximate surface area is 203 Å². The van der Waals surface area contributed by atoms with E-state index in [0.29, 0.717) is 33.3 Å². The van der Waals surface area contributed by atoms with Gasteiger partial charge in [0.05, 0.1) is 30.3 Å². The number of methoxy groups -OCH3 is 1. The molecule has 35 heavy (non-hydrogen) atoms. The monoisotopic (exact) mass is 489 g/mol. The largest absolute Gasteiger partial charge is 0.496 e. The molecule has 5 rings (SSSR count). The van der Waals surface area contributed by atoms with Crippen LogP contribution in [0.5, 0.6) is 5.75 Å². The molecule has 0 saturated heterocycles. The van der Waals surface area contributed by atoms with Crippen molar-refractivity contribution in [3.63, 3.8) is 0 Å². The molecule has 10 heteroatoms. The van der Waals surface area contributed by atoms with E-state index in [2.05, 4.69) is 15.5 Å². The van der Waals surface area contributed by atoms with E-state index in [1.807, 2.05) is 36.4 Å². The lowest BCUT2D eigenvalue weighted by atomic mass is 10.2. The lowest BCUT2D eigenvalue weighted by Gasteiger charge is -2.13. The summed E-state index contributed by atoms with van der Waals surface area (Å²) >= 11 is 1.17. The Hall–Kier alpha value is -4.18. The summed E-state index contributed by atoms with van der Waals surface area (Å²) in [4.78, 5) is 25.9. The number of rotatable bonds is 7. The number of ether oxygens (including phenoxy) is 1. The number of benzene rings is 3. The highest BCUT2D eigenvalue weighted by Crippen LogP contribution is 2.24. The molecule has 2 heterocycles. The van der Waals surface area contributed by atoms with E-state index in [9.17, 15) is 14.0 Å². The van der Waals surface area contributed by atoms with Gasteiger partial charge in [-0.1, -0.05) is 48.2 Å². The standard InChI is InChI=1S/C25H20FN5O3S/c1-34-21-12-5-2-7-16(21)14-30-23(33)19-10-3-4-11-20(19)31-24(30)28-29-25(31)35-15-22(32)27-18-9-6-8-17(26)13-18/h2-13H,14-15H2,1H3,(H,27,32). The summed E-state index contributed by atoms with van der Waals surface area (Å²) in [6, 6.07) is 20.4. The maximum atomic E-state index is 13.4. The first-order valence-corrected chi connectivity index (χ1v) is 11.7. The summed E-state index contributed by atoms with van der Waals surface area (Å²) in [7, 11) is 1.58. The highest BCUT2D eigenvalue weighted by atomic mass is 32.2. The number of carbonyl (C=O) groups is 1. The summed E-state index contributed by atoms with van der Waals surface area (Å²) in [5.74, 6) is 0.293. The average molecular weight is 490 g/mol. The molecule has 0 unspecified atom stereocenters. The third-order valence-corrected chi connectivity index (χ3v) is 6.37. The van der Waals surface area contributed by atoms with Crippen molar-refractivity contribution in [2.24, 2.45) is 0 Å². The summed E-state index contributed by atoms with van der Waals surface area (Å²) in [6.45, 7) is 0.236. The quantitative estimate of drug-likeness (QED) is 0.348. The van der Waals surface area contributed by atoms with Crippen LogP contribution in [-0.4, -0.2) is 37.9 Å². The second-order valence-corrected chi connectivity index (χ2v) is 8.63. The van der Waals surface area contributed by atoms with Crippen molar-refractivity contribution >= 4 is 40.0 Å². The Kier molecular flexibility index (Phi) is 6.19. The van der Waals surface area contributed by atoms with Crippen LogP contribution in [-0.2, 0) is 11.3 Å². The number of fused-ring (bicyclic) bond motifs is 3. The molecule has 0 aliphatic heterocycles. The first kappa shape index (κ1) is 22.6. The Morgan fingerprint density at radius 2 is 1.86 bits per heavy atom. The van der Waals surface area contributed by atoms with Crippen LogP contribution in [0.4, 0.5) is 10.1 Å². The van der Waals surface area contributed by atoms with Crippen LogP contribution in [0.1, 0.15) is 5.56 Å². The van der Waals surface area contributed by atoms with Gasteiger partial charge >= 0.3 is 0 Å². The zero-order valence-corrected chi connectivity index (χ0v) is 19.5. The number of nitrogens with one attached hydrogen (secondary N) is 1. The second-order valence-electron chi connectivity index (χ2n) is 7.69. The minimum absolute atomic E-state index is 0.0251. The highest BCUT2D eigenvalue weighted by Gasteiger charge is 2.18. The van der Waals surface area contributed by atoms with Crippen molar-refractivity contribution in [2.45, 2.75) is 11.7 Å². The number of thioether (sulfide) groups is 1. The van der Waals surface area contributed by atoms with E-state index < -0.39 is 5.82 Å². The zero-order valence-electron chi connectivity index (χ0n) is 18.6. The van der Waals surface area contributed by atoms with Crippen LogP contribution in [0.3, 0.4) is 0 Å². The van der Waals surface area contributed by atoms with E-state index in [-0.39, 0.29) is 23.8 Å². The van der Waals surface area contributed by atoms with Gasteiger partial charge in [-0.05, 0) is 36.4 Å². The Balaban J connectivity index is 1.52. The molecule has 3 aromatic carbocycles. The number of nitrogens with zero attached hydrogens (tertiary/aromatic N) is 4.